The summed E-state index contributed by atoms with van der Waals surface area (Å²) < 4.78 is 1.22. The third kappa shape index (κ3) is 3.33. The Bertz CT molecular complexity index is 372. The summed E-state index contributed by atoms with van der Waals surface area (Å²) in [7, 11) is 0. The van der Waals surface area contributed by atoms with E-state index in [1.54, 1.807) is 0 Å². The van der Waals surface area contributed by atoms with Gasteiger partial charge in [0.25, 0.3) is 0 Å². The summed E-state index contributed by atoms with van der Waals surface area (Å²) in [5, 5.41) is 5.92. The molecule has 94 valence electrons. The monoisotopic (exact) mass is 313 g/mol. The second-order valence-electron chi connectivity index (χ2n) is 5.57. The fraction of sp³-hybridized carbons (Fsp3) is 0.714. The second-order valence-corrected chi connectivity index (χ2v) is 7.48. The first-order chi connectivity index (χ1) is 8.31. The van der Waals surface area contributed by atoms with Crippen LogP contribution in [0.25, 0.3) is 0 Å². The van der Waals surface area contributed by atoms with E-state index in [4.69, 9.17) is 0 Å². The molecule has 0 radical (unpaired) electrons. The van der Waals surface area contributed by atoms with E-state index in [9.17, 15) is 0 Å². The fourth-order valence-corrected chi connectivity index (χ4v) is 4.50. The van der Waals surface area contributed by atoms with E-state index in [0.29, 0.717) is 0 Å². The number of halogens is 1. The summed E-state index contributed by atoms with van der Waals surface area (Å²) in [6, 6.07) is 3.01. The van der Waals surface area contributed by atoms with Gasteiger partial charge >= 0.3 is 0 Å². The van der Waals surface area contributed by atoms with Gasteiger partial charge in [-0.1, -0.05) is 12.8 Å². The van der Waals surface area contributed by atoms with Gasteiger partial charge in [0.15, 0.2) is 0 Å². The van der Waals surface area contributed by atoms with Gasteiger partial charge in [-0.15, -0.1) is 11.3 Å². The van der Waals surface area contributed by atoms with E-state index in [-0.39, 0.29) is 0 Å². The number of hydrogen-bond donors (Lipinski definition) is 1. The topological polar surface area (TPSA) is 12.0 Å². The zero-order valence-corrected chi connectivity index (χ0v) is 12.5. The molecule has 1 aromatic rings. The lowest BCUT2D eigenvalue weighted by Crippen LogP contribution is -2.34. The largest absolute Gasteiger partial charge is 0.309 e. The van der Waals surface area contributed by atoms with Crippen molar-refractivity contribution in [3.63, 3.8) is 0 Å². The second kappa shape index (κ2) is 5.41. The molecule has 1 heterocycles. The van der Waals surface area contributed by atoms with Gasteiger partial charge in [-0.25, -0.2) is 0 Å². The molecule has 2 atom stereocenters. The molecule has 3 heteroatoms. The molecule has 2 aliphatic rings. The summed E-state index contributed by atoms with van der Waals surface area (Å²) >= 11 is 5.37. The van der Waals surface area contributed by atoms with Crippen LogP contribution in [0.5, 0.6) is 0 Å². The van der Waals surface area contributed by atoms with E-state index in [2.05, 4.69) is 32.7 Å². The Hall–Kier alpha value is 0.140. The predicted molar refractivity (Wildman–Crippen MR) is 77.3 cm³/mol. The van der Waals surface area contributed by atoms with Gasteiger partial charge in [0.1, 0.15) is 0 Å². The first kappa shape index (κ1) is 12.2. The van der Waals surface area contributed by atoms with Gasteiger partial charge in [-0.2, -0.15) is 0 Å². The van der Waals surface area contributed by atoms with E-state index in [0.717, 1.165) is 24.4 Å². The number of hydrogen-bond acceptors (Lipinski definition) is 2. The summed E-state index contributed by atoms with van der Waals surface area (Å²) in [6.45, 7) is 1.05. The maximum atomic E-state index is 3.75. The van der Waals surface area contributed by atoms with Gasteiger partial charge in [0.05, 0.1) is 0 Å². The van der Waals surface area contributed by atoms with E-state index in [1.807, 2.05) is 11.3 Å². The maximum Gasteiger partial charge on any atom is 0.0302 e. The average molecular weight is 314 g/mol. The van der Waals surface area contributed by atoms with Crippen LogP contribution in [0.1, 0.15) is 43.4 Å². The molecule has 0 aliphatic heterocycles. The van der Waals surface area contributed by atoms with Crippen molar-refractivity contribution < 1.29 is 0 Å². The van der Waals surface area contributed by atoms with Crippen LogP contribution >= 0.6 is 27.3 Å². The first-order valence-corrected chi connectivity index (χ1v) is 8.45. The van der Waals surface area contributed by atoms with Crippen molar-refractivity contribution in [1.29, 1.82) is 0 Å². The molecule has 0 aromatic carbocycles. The van der Waals surface area contributed by atoms with Crippen LogP contribution in [0.3, 0.4) is 0 Å². The molecule has 17 heavy (non-hydrogen) atoms. The Morgan fingerprint density at radius 3 is 2.82 bits per heavy atom. The molecule has 1 aromatic heterocycles. The average Bonchev–Trinajstić information content (AvgIpc) is 3.11. The third-order valence-corrected chi connectivity index (χ3v) is 5.89. The minimum absolute atomic E-state index is 0.773. The Labute approximate surface area is 116 Å². The molecule has 2 aliphatic carbocycles. The van der Waals surface area contributed by atoms with Crippen molar-refractivity contribution >= 4 is 27.3 Å². The standard InChI is InChI=1S/C14H20BrNS/c15-12-7-14(17-9-12)8-16-13-3-1-2-11(6-13)10-4-5-10/h7,9-11,13,16H,1-6,8H2. The van der Waals surface area contributed by atoms with Crippen LogP contribution < -0.4 is 5.32 Å². The SMILES string of the molecule is Brc1csc(CNC2CCCC(C3CC3)C2)c1. The fourth-order valence-electron chi connectivity index (χ4n) is 3.10. The smallest absolute Gasteiger partial charge is 0.0302 e. The summed E-state index contributed by atoms with van der Waals surface area (Å²) in [4.78, 5) is 1.45. The Morgan fingerprint density at radius 2 is 2.12 bits per heavy atom. The van der Waals surface area contributed by atoms with Gasteiger partial charge in [0, 0.05) is 27.3 Å². The highest BCUT2D eigenvalue weighted by Gasteiger charge is 2.34. The lowest BCUT2D eigenvalue weighted by atomic mass is 9.83. The molecular formula is C14H20BrNS. The molecule has 0 bridgehead atoms. The van der Waals surface area contributed by atoms with Crippen molar-refractivity contribution in [1.82, 2.24) is 5.32 Å². The van der Waals surface area contributed by atoms with Crippen molar-refractivity contribution in [2.24, 2.45) is 11.8 Å². The van der Waals surface area contributed by atoms with E-state index in [1.165, 1.54) is 47.9 Å². The Morgan fingerprint density at radius 1 is 1.24 bits per heavy atom. The maximum absolute atomic E-state index is 3.75. The van der Waals surface area contributed by atoms with Crippen LogP contribution in [0.2, 0.25) is 0 Å². The predicted octanol–water partition coefficient (Wildman–Crippen LogP) is 4.57. The zero-order chi connectivity index (χ0) is 11.7. The van der Waals surface area contributed by atoms with E-state index < -0.39 is 0 Å². The summed E-state index contributed by atoms with van der Waals surface area (Å²) in [5.41, 5.74) is 0. The number of rotatable bonds is 4. The van der Waals surface area contributed by atoms with Crippen LogP contribution in [0.4, 0.5) is 0 Å². The first-order valence-electron chi connectivity index (χ1n) is 6.77. The lowest BCUT2D eigenvalue weighted by molar-refractivity contribution is 0.260. The Balaban J connectivity index is 1.47. The lowest BCUT2D eigenvalue weighted by Gasteiger charge is -2.29. The summed E-state index contributed by atoms with van der Waals surface area (Å²) in [5.74, 6) is 2.13. The summed E-state index contributed by atoms with van der Waals surface area (Å²) in [6.07, 6.45) is 8.76. The van der Waals surface area contributed by atoms with Crippen molar-refractivity contribution in [3.8, 4) is 0 Å². The molecule has 2 saturated carbocycles. The molecule has 2 unspecified atom stereocenters. The number of nitrogens with one attached hydrogen (secondary N) is 1. The zero-order valence-electron chi connectivity index (χ0n) is 10.1. The third-order valence-electron chi connectivity index (χ3n) is 4.19. The van der Waals surface area contributed by atoms with Crippen LogP contribution in [-0.4, -0.2) is 6.04 Å². The molecule has 0 amide bonds. The minimum Gasteiger partial charge on any atom is -0.309 e. The van der Waals surface area contributed by atoms with Crippen molar-refractivity contribution in [3.05, 3.63) is 20.8 Å². The highest BCUT2D eigenvalue weighted by molar-refractivity contribution is 9.10. The van der Waals surface area contributed by atoms with Gasteiger partial charge in [0.2, 0.25) is 0 Å². The molecule has 0 saturated heterocycles. The van der Waals surface area contributed by atoms with Gasteiger partial charge < -0.3 is 5.32 Å². The Kier molecular flexibility index (Phi) is 3.88. The highest BCUT2D eigenvalue weighted by atomic mass is 79.9. The van der Waals surface area contributed by atoms with Crippen LogP contribution in [-0.2, 0) is 6.54 Å². The molecule has 0 spiro atoms. The molecular weight excluding hydrogens is 294 g/mol. The van der Waals surface area contributed by atoms with Gasteiger partial charge in [-0.05, 0) is 59.5 Å². The van der Waals surface area contributed by atoms with Crippen molar-refractivity contribution in [2.45, 2.75) is 51.1 Å². The minimum atomic E-state index is 0.773. The van der Waals surface area contributed by atoms with Crippen LogP contribution in [0.15, 0.2) is 15.9 Å². The molecule has 1 nitrogen and oxygen atoms in total. The van der Waals surface area contributed by atoms with Crippen molar-refractivity contribution in [2.75, 3.05) is 0 Å². The van der Waals surface area contributed by atoms with E-state index >= 15 is 0 Å². The normalized spacial score (nSPS) is 29.5. The quantitative estimate of drug-likeness (QED) is 0.858. The molecule has 2 fully saturated rings. The van der Waals surface area contributed by atoms with Crippen LogP contribution in [0, 0.1) is 11.8 Å². The molecule has 3 rings (SSSR count). The highest BCUT2D eigenvalue weighted by Crippen LogP contribution is 2.43. The molecule has 1 N–H and O–H groups in total. The number of thiophene rings is 1. The van der Waals surface area contributed by atoms with Gasteiger partial charge in [-0.3, -0.25) is 0 Å².